The molecule has 2 aromatic heterocycles. The summed E-state index contributed by atoms with van der Waals surface area (Å²) in [7, 11) is 0. The van der Waals surface area contributed by atoms with Gasteiger partial charge in [0.25, 0.3) is 0 Å². The minimum absolute atomic E-state index is 0.333. The molecule has 1 aromatic carbocycles. The molecule has 3 rings (SSSR count). The summed E-state index contributed by atoms with van der Waals surface area (Å²) in [4.78, 5) is 11.4. The Labute approximate surface area is 139 Å². The third-order valence-corrected chi connectivity index (χ3v) is 3.40. The third kappa shape index (κ3) is 4.12. The van der Waals surface area contributed by atoms with Crippen molar-refractivity contribution in [2.45, 2.75) is 20.3 Å². The fraction of sp³-hybridized carbons (Fsp3) is 0.250. The van der Waals surface area contributed by atoms with E-state index in [4.69, 9.17) is 23.2 Å². The van der Waals surface area contributed by atoms with E-state index in [1.54, 1.807) is 0 Å². The molecule has 0 spiro atoms. The van der Waals surface area contributed by atoms with Gasteiger partial charge in [-0.15, -0.1) is 0 Å². The van der Waals surface area contributed by atoms with Gasteiger partial charge in [0.15, 0.2) is 0 Å². The molecule has 0 bridgehead atoms. The van der Waals surface area contributed by atoms with Crippen LogP contribution in [0.25, 0.3) is 10.9 Å². The Morgan fingerprint density at radius 2 is 1.77 bits per heavy atom. The van der Waals surface area contributed by atoms with Crippen molar-refractivity contribution in [1.82, 2.24) is 15.0 Å². The number of aromatic amines is 1. The molecule has 0 radical (unpaired) electrons. The van der Waals surface area contributed by atoms with Gasteiger partial charge < -0.3 is 10.3 Å². The van der Waals surface area contributed by atoms with Gasteiger partial charge in [0.1, 0.15) is 10.3 Å². The van der Waals surface area contributed by atoms with Gasteiger partial charge in [0.2, 0.25) is 5.95 Å². The van der Waals surface area contributed by atoms with Crippen LogP contribution in [0.15, 0.2) is 36.5 Å². The molecule has 22 heavy (non-hydrogen) atoms. The molecule has 2 N–H and O–H groups in total. The first-order valence-electron chi connectivity index (χ1n) is 7.21. The Morgan fingerprint density at radius 3 is 2.50 bits per heavy atom. The number of halogens is 2. The Kier molecular flexibility index (Phi) is 6.04. The predicted molar refractivity (Wildman–Crippen MR) is 93.9 cm³/mol. The van der Waals surface area contributed by atoms with E-state index in [2.05, 4.69) is 32.4 Å². The van der Waals surface area contributed by atoms with Crippen molar-refractivity contribution in [2.24, 2.45) is 0 Å². The molecular formula is C16H18Cl2N4. The molecule has 0 atom stereocenters. The van der Waals surface area contributed by atoms with Crippen molar-refractivity contribution in [3.8, 4) is 0 Å². The molecule has 0 amide bonds. The number of hydrogen-bond donors (Lipinski definition) is 2. The lowest BCUT2D eigenvalue weighted by atomic mass is 10.1. The van der Waals surface area contributed by atoms with Gasteiger partial charge in [-0.2, -0.15) is 0 Å². The fourth-order valence-corrected chi connectivity index (χ4v) is 2.54. The fourth-order valence-electron chi connectivity index (χ4n) is 2.12. The number of H-pyrrole nitrogens is 1. The minimum Gasteiger partial charge on any atom is -0.361 e. The smallest absolute Gasteiger partial charge is 0.225 e. The second-order valence-corrected chi connectivity index (χ2v) is 5.15. The van der Waals surface area contributed by atoms with Crippen molar-refractivity contribution in [2.75, 3.05) is 11.9 Å². The maximum absolute atomic E-state index is 5.83. The molecule has 116 valence electrons. The highest BCUT2D eigenvalue weighted by molar-refractivity contribution is 6.33. The Morgan fingerprint density at radius 1 is 1.09 bits per heavy atom. The van der Waals surface area contributed by atoms with E-state index < -0.39 is 0 Å². The maximum atomic E-state index is 5.83. The molecule has 0 aliphatic carbocycles. The van der Waals surface area contributed by atoms with E-state index in [1.165, 1.54) is 17.0 Å². The summed E-state index contributed by atoms with van der Waals surface area (Å²) in [6.45, 7) is 4.71. The molecular weight excluding hydrogens is 319 g/mol. The molecule has 6 heteroatoms. The van der Waals surface area contributed by atoms with Crippen LogP contribution < -0.4 is 5.32 Å². The molecule has 0 saturated heterocycles. The van der Waals surface area contributed by atoms with Crippen LogP contribution in [0.3, 0.4) is 0 Å². The topological polar surface area (TPSA) is 53.6 Å². The Hall–Kier alpha value is -1.78. The Bertz CT molecular complexity index is 720. The van der Waals surface area contributed by atoms with E-state index in [-0.39, 0.29) is 0 Å². The first-order chi connectivity index (χ1) is 10.7. The summed E-state index contributed by atoms with van der Waals surface area (Å²) < 4.78 is 0. The summed E-state index contributed by atoms with van der Waals surface area (Å²) in [6, 6.07) is 9.73. The third-order valence-electron chi connectivity index (χ3n) is 3.02. The van der Waals surface area contributed by atoms with Crippen molar-refractivity contribution < 1.29 is 0 Å². The monoisotopic (exact) mass is 336 g/mol. The SMILES string of the molecule is CC.Clc1cc(Cl)nc(NCCc2c[nH]c3ccccc23)n1. The highest BCUT2D eigenvalue weighted by Gasteiger charge is 2.04. The molecule has 4 nitrogen and oxygen atoms in total. The number of aromatic nitrogens is 3. The second-order valence-electron chi connectivity index (χ2n) is 4.37. The van der Waals surface area contributed by atoms with E-state index in [0.717, 1.165) is 11.9 Å². The van der Waals surface area contributed by atoms with Crippen LogP contribution in [-0.2, 0) is 6.42 Å². The summed E-state index contributed by atoms with van der Waals surface area (Å²) in [6.07, 6.45) is 2.88. The standard InChI is InChI=1S/C14H12Cl2N4.C2H6/c15-12-7-13(16)20-14(19-12)17-6-5-9-8-18-11-4-2-1-3-10(9)11;1-2/h1-4,7-8,18H,5-6H2,(H,17,19,20);1-2H3. The zero-order valence-electron chi connectivity index (χ0n) is 12.5. The van der Waals surface area contributed by atoms with E-state index in [0.29, 0.717) is 22.8 Å². The normalized spacial score (nSPS) is 10.2. The lowest BCUT2D eigenvalue weighted by Crippen LogP contribution is -2.07. The number of anilines is 1. The first-order valence-corrected chi connectivity index (χ1v) is 7.97. The largest absolute Gasteiger partial charge is 0.361 e. The number of nitrogens with one attached hydrogen (secondary N) is 2. The zero-order chi connectivity index (χ0) is 15.9. The lowest BCUT2D eigenvalue weighted by Gasteiger charge is -2.05. The van der Waals surface area contributed by atoms with E-state index in [9.17, 15) is 0 Å². The lowest BCUT2D eigenvalue weighted by molar-refractivity contribution is 0.990. The maximum Gasteiger partial charge on any atom is 0.225 e. The average molecular weight is 337 g/mol. The van der Waals surface area contributed by atoms with Crippen LogP contribution in [-0.4, -0.2) is 21.5 Å². The van der Waals surface area contributed by atoms with Crippen LogP contribution in [0.2, 0.25) is 10.3 Å². The summed E-state index contributed by atoms with van der Waals surface area (Å²) in [5.74, 6) is 0.447. The highest BCUT2D eigenvalue weighted by Crippen LogP contribution is 2.18. The summed E-state index contributed by atoms with van der Waals surface area (Å²) in [5.41, 5.74) is 2.39. The number of para-hydroxylation sites is 1. The van der Waals surface area contributed by atoms with E-state index in [1.807, 2.05) is 32.2 Å². The van der Waals surface area contributed by atoms with Gasteiger partial charge in [0, 0.05) is 29.7 Å². The van der Waals surface area contributed by atoms with Gasteiger partial charge in [-0.3, -0.25) is 0 Å². The van der Waals surface area contributed by atoms with Crippen molar-refractivity contribution in [3.05, 3.63) is 52.4 Å². The van der Waals surface area contributed by atoms with Crippen molar-refractivity contribution in [3.63, 3.8) is 0 Å². The number of nitrogens with zero attached hydrogens (tertiary/aromatic N) is 2. The molecule has 2 heterocycles. The van der Waals surface area contributed by atoms with Crippen molar-refractivity contribution in [1.29, 1.82) is 0 Å². The molecule has 3 aromatic rings. The minimum atomic E-state index is 0.333. The van der Waals surface area contributed by atoms with Crippen LogP contribution in [0.4, 0.5) is 5.95 Å². The number of hydrogen-bond acceptors (Lipinski definition) is 3. The van der Waals surface area contributed by atoms with Crippen LogP contribution >= 0.6 is 23.2 Å². The van der Waals surface area contributed by atoms with Gasteiger partial charge >= 0.3 is 0 Å². The van der Waals surface area contributed by atoms with E-state index >= 15 is 0 Å². The molecule has 0 fully saturated rings. The number of rotatable bonds is 4. The number of benzene rings is 1. The molecule has 0 aliphatic rings. The van der Waals surface area contributed by atoms with Gasteiger partial charge in [-0.1, -0.05) is 55.2 Å². The predicted octanol–water partition coefficient (Wildman–Crippen LogP) is 4.95. The van der Waals surface area contributed by atoms with Gasteiger partial charge in [-0.25, -0.2) is 9.97 Å². The van der Waals surface area contributed by atoms with Crippen LogP contribution in [0.1, 0.15) is 19.4 Å². The van der Waals surface area contributed by atoms with Gasteiger partial charge in [0.05, 0.1) is 0 Å². The van der Waals surface area contributed by atoms with Crippen LogP contribution in [0, 0.1) is 0 Å². The average Bonchev–Trinajstić information content (AvgIpc) is 2.92. The highest BCUT2D eigenvalue weighted by atomic mass is 35.5. The number of fused-ring (bicyclic) bond motifs is 1. The summed E-state index contributed by atoms with van der Waals surface area (Å²) >= 11 is 11.7. The molecule has 0 saturated carbocycles. The first kappa shape index (κ1) is 16.6. The van der Waals surface area contributed by atoms with Gasteiger partial charge in [-0.05, 0) is 18.1 Å². The Balaban J connectivity index is 0.000000847. The summed E-state index contributed by atoms with van der Waals surface area (Å²) in [5, 5.41) is 5.03. The van der Waals surface area contributed by atoms with Crippen LogP contribution in [0.5, 0.6) is 0 Å². The second kappa shape index (κ2) is 8.01. The molecule has 0 unspecified atom stereocenters. The quantitative estimate of drug-likeness (QED) is 0.663. The molecule has 0 aliphatic heterocycles. The zero-order valence-corrected chi connectivity index (χ0v) is 14.0. The van der Waals surface area contributed by atoms with Crippen molar-refractivity contribution >= 4 is 40.1 Å².